The highest BCUT2D eigenvalue weighted by Gasteiger charge is 2.31. The predicted molar refractivity (Wildman–Crippen MR) is 117 cm³/mol. The van der Waals surface area contributed by atoms with Crippen molar-refractivity contribution in [3.8, 4) is 0 Å². The number of benzene rings is 2. The van der Waals surface area contributed by atoms with Gasteiger partial charge in [0, 0.05) is 11.6 Å². The lowest BCUT2D eigenvalue weighted by Crippen LogP contribution is -2.40. The Balaban J connectivity index is 1.73. The third-order valence-corrected chi connectivity index (χ3v) is 5.27. The van der Waals surface area contributed by atoms with Crippen molar-refractivity contribution in [3.05, 3.63) is 76.8 Å². The van der Waals surface area contributed by atoms with E-state index in [0.29, 0.717) is 17.5 Å². The highest BCUT2D eigenvalue weighted by molar-refractivity contribution is 6.30. The van der Waals surface area contributed by atoms with Crippen molar-refractivity contribution >= 4 is 29.2 Å². The molecule has 2 heterocycles. The number of carbonyl (C=O) groups excluding carboxylic acids is 1. The molecule has 0 saturated heterocycles. The van der Waals surface area contributed by atoms with Crippen molar-refractivity contribution in [3.63, 3.8) is 0 Å². The molecule has 0 fully saturated rings. The third kappa shape index (κ3) is 4.21. The number of hydrogen-bond donors (Lipinski definition) is 1. The first-order valence-electron chi connectivity index (χ1n) is 10.0. The van der Waals surface area contributed by atoms with Gasteiger partial charge in [-0.25, -0.2) is 0 Å². The second-order valence-corrected chi connectivity index (χ2v) is 7.56. The van der Waals surface area contributed by atoms with E-state index in [-0.39, 0.29) is 18.5 Å². The second kappa shape index (κ2) is 9.09. The van der Waals surface area contributed by atoms with Gasteiger partial charge in [-0.2, -0.15) is 4.68 Å². The fourth-order valence-corrected chi connectivity index (χ4v) is 3.61. The Morgan fingerprint density at radius 3 is 2.63 bits per heavy atom. The summed E-state index contributed by atoms with van der Waals surface area (Å²) in [7, 11) is 0. The Morgan fingerprint density at radius 1 is 1.13 bits per heavy atom. The predicted octanol–water partition coefficient (Wildman–Crippen LogP) is 3.69. The van der Waals surface area contributed by atoms with Crippen LogP contribution in [0.2, 0.25) is 5.02 Å². The minimum Gasteiger partial charge on any atom is -0.355 e. The Labute approximate surface area is 180 Å². The summed E-state index contributed by atoms with van der Waals surface area (Å²) in [6.07, 6.45) is 4.05. The number of rotatable bonds is 7. The molecule has 0 spiro atoms. The van der Waals surface area contributed by atoms with Gasteiger partial charge in [-0.05, 0) is 46.2 Å². The Bertz CT molecular complexity index is 1030. The molecule has 0 saturated carbocycles. The highest BCUT2D eigenvalue weighted by atomic mass is 35.5. The van der Waals surface area contributed by atoms with E-state index < -0.39 is 0 Å². The second-order valence-electron chi connectivity index (χ2n) is 7.13. The van der Waals surface area contributed by atoms with Gasteiger partial charge < -0.3 is 5.32 Å². The minimum absolute atomic E-state index is 0.0731. The van der Waals surface area contributed by atoms with E-state index in [1.807, 2.05) is 59.5 Å². The van der Waals surface area contributed by atoms with Gasteiger partial charge in [-0.15, -0.1) is 0 Å². The average molecular weight is 423 g/mol. The number of halogens is 1. The maximum absolute atomic E-state index is 12.6. The first kappa shape index (κ1) is 20.1. The summed E-state index contributed by atoms with van der Waals surface area (Å²) in [4.78, 5) is 14.5. The molecule has 1 amide bonds. The largest absolute Gasteiger partial charge is 0.355 e. The minimum atomic E-state index is -0.179. The maximum atomic E-state index is 12.6. The number of amides is 1. The fraction of sp³-hybridized carbons (Fsp3) is 0.273. The molecule has 0 aliphatic carbocycles. The third-order valence-electron chi connectivity index (χ3n) is 5.02. The number of nitrogens with one attached hydrogen (secondary N) is 1. The van der Waals surface area contributed by atoms with Crippen molar-refractivity contribution in [2.45, 2.75) is 25.8 Å². The van der Waals surface area contributed by atoms with Crippen LogP contribution in [0.25, 0.3) is 5.70 Å². The van der Waals surface area contributed by atoms with Crippen LogP contribution in [-0.2, 0) is 4.79 Å². The quantitative estimate of drug-likeness (QED) is 0.587. The number of carbonyl (C=O) groups is 1. The Hall–Kier alpha value is -3.19. The van der Waals surface area contributed by atoms with Gasteiger partial charge >= 0.3 is 0 Å². The van der Waals surface area contributed by atoms with Gasteiger partial charge in [0.1, 0.15) is 12.6 Å². The van der Waals surface area contributed by atoms with Crippen LogP contribution in [0.1, 0.15) is 36.9 Å². The van der Waals surface area contributed by atoms with E-state index in [2.05, 4.69) is 33.8 Å². The lowest BCUT2D eigenvalue weighted by molar-refractivity contribution is -0.119. The van der Waals surface area contributed by atoms with E-state index in [9.17, 15) is 4.79 Å². The zero-order valence-electron chi connectivity index (χ0n) is 16.7. The van der Waals surface area contributed by atoms with Gasteiger partial charge in [0.2, 0.25) is 5.91 Å². The first-order chi connectivity index (χ1) is 14.7. The van der Waals surface area contributed by atoms with Crippen LogP contribution in [0.3, 0.4) is 0 Å². The number of nitrogens with zero attached hydrogens (tertiary/aromatic N) is 5. The summed E-state index contributed by atoms with van der Waals surface area (Å²) in [5.41, 5.74) is 2.87. The molecule has 0 radical (unpaired) electrons. The summed E-state index contributed by atoms with van der Waals surface area (Å²) >= 11 is 6.10. The number of anilines is 1. The number of unbranched alkanes of at least 4 members (excludes halogenated alkanes) is 1. The molecule has 154 valence electrons. The molecule has 1 aliphatic heterocycles. The molecule has 1 aliphatic rings. The summed E-state index contributed by atoms with van der Waals surface area (Å²) in [5, 5.41) is 16.0. The fourth-order valence-electron chi connectivity index (χ4n) is 3.48. The van der Waals surface area contributed by atoms with Gasteiger partial charge in [-0.1, -0.05) is 72.5 Å². The molecular formula is C22H23ClN6O. The number of hydrogen-bond acceptors (Lipinski definition) is 5. The molecule has 0 bridgehead atoms. The molecular weight excluding hydrogens is 400 g/mol. The molecule has 8 heteroatoms. The highest BCUT2D eigenvalue weighted by Crippen LogP contribution is 2.36. The zero-order valence-corrected chi connectivity index (χ0v) is 17.5. The maximum Gasteiger partial charge on any atom is 0.251 e. The molecule has 1 unspecified atom stereocenters. The van der Waals surface area contributed by atoms with E-state index in [1.165, 1.54) is 0 Å². The van der Waals surface area contributed by atoms with Crippen LogP contribution >= 0.6 is 11.6 Å². The molecule has 7 nitrogen and oxygen atoms in total. The van der Waals surface area contributed by atoms with Gasteiger partial charge in [0.05, 0.1) is 5.70 Å². The normalized spacial score (nSPS) is 15.5. The van der Waals surface area contributed by atoms with Crippen LogP contribution in [0, 0.1) is 0 Å². The molecule has 2 aromatic carbocycles. The van der Waals surface area contributed by atoms with E-state index >= 15 is 0 Å². The molecule has 1 aromatic heterocycles. The lowest BCUT2D eigenvalue weighted by Gasteiger charge is -2.32. The molecule has 30 heavy (non-hydrogen) atoms. The van der Waals surface area contributed by atoms with Crippen molar-refractivity contribution in [1.82, 2.24) is 25.5 Å². The molecule has 3 aromatic rings. The number of tetrazole rings is 1. The van der Waals surface area contributed by atoms with Crippen molar-refractivity contribution in [1.29, 1.82) is 0 Å². The Morgan fingerprint density at radius 2 is 1.90 bits per heavy atom. The molecule has 1 atom stereocenters. The van der Waals surface area contributed by atoms with E-state index in [0.717, 1.165) is 29.7 Å². The van der Waals surface area contributed by atoms with Gasteiger partial charge in [-0.3, -0.25) is 9.69 Å². The van der Waals surface area contributed by atoms with E-state index in [4.69, 9.17) is 11.6 Å². The van der Waals surface area contributed by atoms with Crippen LogP contribution in [0.4, 0.5) is 5.95 Å². The zero-order chi connectivity index (χ0) is 20.9. The summed E-state index contributed by atoms with van der Waals surface area (Å²) in [6, 6.07) is 17.4. The lowest BCUT2D eigenvalue weighted by atomic mass is 10.0. The van der Waals surface area contributed by atoms with E-state index in [1.54, 1.807) is 4.68 Å². The SMILES string of the molecule is CCCCNC(=O)CN1C(c2ccc(Cl)cc2)=CC(c2ccccc2)n2nnnc21. The number of allylic oxidation sites excluding steroid dienone is 1. The summed E-state index contributed by atoms with van der Waals surface area (Å²) in [6.45, 7) is 2.87. The molecule has 1 N–H and O–H groups in total. The summed E-state index contributed by atoms with van der Waals surface area (Å²) in [5.74, 6) is 0.456. The number of fused-ring (bicyclic) bond motifs is 1. The van der Waals surface area contributed by atoms with Crippen LogP contribution < -0.4 is 10.2 Å². The Kier molecular flexibility index (Phi) is 6.09. The van der Waals surface area contributed by atoms with Crippen molar-refractivity contribution in [2.24, 2.45) is 0 Å². The monoisotopic (exact) mass is 422 g/mol. The van der Waals surface area contributed by atoms with Crippen LogP contribution in [0.15, 0.2) is 60.7 Å². The van der Waals surface area contributed by atoms with Crippen molar-refractivity contribution in [2.75, 3.05) is 18.0 Å². The smallest absolute Gasteiger partial charge is 0.251 e. The number of aromatic nitrogens is 4. The topological polar surface area (TPSA) is 75.9 Å². The molecule has 4 rings (SSSR count). The summed E-state index contributed by atoms with van der Waals surface area (Å²) < 4.78 is 1.74. The van der Waals surface area contributed by atoms with Crippen LogP contribution in [0.5, 0.6) is 0 Å². The standard InChI is InChI=1S/C22H23ClN6O/c1-2-3-13-24-21(30)15-28-19(17-9-11-18(23)12-10-17)14-20(16-7-5-4-6-8-16)29-22(28)25-26-27-29/h4-12,14,20H,2-3,13,15H2,1H3,(H,24,30). The van der Waals surface area contributed by atoms with Gasteiger partial charge in [0.25, 0.3) is 5.95 Å². The first-order valence-corrected chi connectivity index (χ1v) is 10.4. The van der Waals surface area contributed by atoms with Gasteiger partial charge in [0.15, 0.2) is 0 Å². The van der Waals surface area contributed by atoms with Crippen LogP contribution in [-0.4, -0.2) is 39.2 Å². The average Bonchev–Trinajstić information content (AvgIpc) is 3.25. The van der Waals surface area contributed by atoms with Crippen molar-refractivity contribution < 1.29 is 4.79 Å².